The first kappa shape index (κ1) is 27.0. The molecule has 0 fully saturated rings. The van der Waals surface area contributed by atoms with Crippen LogP contribution in [-0.2, 0) is 4.79 Å². The van der Waals surface area contributed by atoms with Gasteiger partial charge in [-0.25, -0.2) is 0 Å². The number of hydrogen-bond donors (Lipinski definition) is 0. The Morgan fingerprint density at radius 2 is 1.08 bits per heavy atom. The van der Waals surface area contributed by atoms with Crippen LogP contribution in [0.5, 0.6) is 23.0 Å². The van der Waals surface area contributed by atoms with Crippen molar-refractivity contribution in [2.45, 2.75) is 13.8 Å². The molecule has 0 unspecified atom stereocenters. The fourth-order valence-corrected chi connectivity index (χ4v) is 3.78. The molecule has 0 N–H and O–H groups in total. The van der Waals surface area contributed by atoms with Gasteiger partial charge in [0.2, 0.25) is 0 Å². The number of benzene rings is 4. The third-order valence-electron chi connectivity index (χ3n) is 5.80. The van der Waals surface area contributed by atoms with Gasteiger partial charge < -0.3 is 9.47 Å². The quantitative estimate of drug-likeness (QED) is 0.158. The van der Waals surface area contributed by atoms with Crippen molar-refractivity contribution >= 4 is 23.3 Å². The molecule has 0 saturated heterocycles. The number of hydrogen-bond acceptors (Lipinski definition) is 5. The van der Waals surface area contributed by atoms with Crippen molar-refractivity contribution in [3.63, 3.8) is 0 Å². The van der Waals surface area contributed by atoms with E-state index in [9.17, 15) is 4.79 Å². The van der Waals surface area contributed by atoms with Gasteiger partial charge >= 0.3 is 0 Å². The Hall–Kier alpha value is -5.03. The lowest BCUT2D eigenvalue weighted by molar-refractivity contribution is -0.102. The molecular weight excluding hydrogens is 484 g/mol. The summed E-state index contributed by atoms with van der Waals surface area (Å²) < 4.78 is 11.9. The fraction of sp³-hybridized carbons (Fsp3) is 0.0882. The second-order valence-electron chi connectivity index (χ2n) is 8.76. The molecule has 5 heteroatoms. The van der Waals surface area contributed by atoms with E-state index in [-0.39, 0.29) is 0 Å². The Labute approximate surface area is 229 Å². The minimum atomic E-state index is 0.330. The van der Waals surface area contributed by atoms with E-state index in [0.717, 1.165) is 45.4 Å². The minimum Gasteiger partial charge on any atom is -0.457 e. The highest BCUT2D eigenvalue weighted by Gasteiger charge is 2.07. The molecule has 5 nitrogen and oxygen atoms in total. The molecule has 0 aliphatic rings. The Bertz CT molecular complexity index is 1500. The lowest BCUT2D eigenvalue weighted by Crippen LogP contribution is -2.01. The molecule has 39 heavy (non-hydrogen) atoms. The summed E-state index contributed by atoms with van der Waals surface area (Å²) in [4.78, 5) is 20.1. The SMILES string of the molecule is CN=C(C=O)/C=C(C)/N=C(\C=C(/C)c1ccc(Oc2ccccc2)cc1)c1ccc(Oc2ccccc2)cc1. The lowest BCUT2D eigenvalue weighted by Gasteiger charge is -2.10. The van der Waals surface area contributed by atoms with Crippen LogP contribution in [0.3, 0.4) is 0 Å². The summed E-state index contributed by atoms with van der Waals surface area (Å²) in [5.74, 6) is 3.06. The maximum absolute atomic E-state index is 11.3. The number of carbonyl (C=O) groups is 1. The molecule has 4 aromatic rings. The zero-order chi connectivity index (χ0) is 27.5. The number of para-hydroxylation sites is 2. The molecule has 0 aliphatic carbocycles. The first-order chi connectivity index (χ1) is 19.0. The topological polar surface area (TPSA) is 60.2 Å². The van der Waals surface area contributed by atoms with Gasteiger partial charge in [-0.1, -0.05) is 48.5 Å². The van der Waals surface area contributed by atoms with Gasteiger partial charge in [0.25, 0.3) is 0 Å². The van der Waals surface area contributed by atoms with Crippen molar-refractivity contribution in [3.8, 4) is 23.0 Å². The summed E-state index contributed by atoms with van der Waals surface area (Å²) in [6.45, 7) is 3.89. The lowest BCUT2D eigenvalue weighted by atomic mass is 10.0. The largest absolute Gasteiger partial charge is 0.457 e. The standard InChI is InChI=1S/C34H30N2O3/c1-25(27-14-18-32(19-15-27)38-30-10-6-4-7-11-30)22-34(36-26(2)23-29(24-37)35-3)28-16-20-33(21-17-28)39-31-12-8-5-9-13-31/h4-24H,1-3H3/b25-22+,26-23+,35-29?,36-34+. The first-order valence-corrected chi connectivity index (χ1v) is 12.6. The zero-order valence-corrected chi connectivity index (χ0v) is 22.2. The number of carbonyl (C=O) groups excluding carboxylic acids is 1. The van der Waals surface area contributed by atoms with E-state index >= 15 is 0 Å². The van der Waals surface area contributed by atoms with Gasteiger partial charge in [0.1, 0.15) is 23.0 Å². The van der Waals surface area contributed by atoms with Crippen LogP contribution in [-0.4, -0.2) is 24.8 Å². The summed E-state index contributed by atoms with van der Waals surface area (Å²) in [6.07, 6.45) is 4.41. The highest BCUT2D eigenvalue weighted by molar-refractivity contribution is 6.33. The van der Waals surface area contributed by atoms with Crippen LogP contribution >= 0.6 is 0 Å². The van der Waals surface area contributed by atoms with Gasteiger partial charge in [-0.3, -0.25) is 14.8 Å². The number of aldehydes is 1. The van der Waals surface area contributed by atoms with Crippen LogP contribution < -0.4 is 9.47 Å². The number of ether oxygens (including phenoxy) is 2. The van der Waals surface area contributed by atoms with Crippen LogP contribution in [0.15, 0.2) is 137 Å². The van der Waals surface area contributed by atoms with Crippen molar-refractivity contribution in [2.24, 2.45) is 9.98 Å². The van der Waals surface area contributed by atoms with Crippen molar-refractivity contribution in [3.05, 3.63) is 138 Å². The highest BCUT2D eigenvalue weighted by atomic mass is 16.5. The van der Waals surface area contributed by atoms with Crippen molar-refractivity contribution in [2.75, 3.05) is 7.05 Å². The summed E-state index contributed by atoms with van der Waals surface area (Å²) >= 11 is 0. The van der Waals surface area contributed by atoms with Crippen LogP contribution in [0.4, 0.5) is 0 Å². The van der Waals surface area contributed by atoms with E-state index in [1.54, 1.807) is 13.1 Å². The Kier molecular flexibility index (Phi) is 9.35. The maximum atomic E-state index is 11.3. The van der Waals surface area contributed by atoms with Gasteiger partial charge in [-0.05, 0) is 97.8 Å². The van der Waals surface area contributed by atoms with Gasteiger partial charge in [0, 0.05) is 18.3 Å². The zero-order valence-electron chi connectivity index (χ0n) is 22.2. The molecule has 0 atom stereocenters. The third-order valence-corrected chi connectivity index (χ3v) is 5.80. The van der Waals surface area contributed by atoms with E-state index in [1.165, 1.54) is 0 Å². The molecule has 0 radical (unpaired) electrons. The fourth-order valence-electron chi connectivity index (χ4n) is 3.78. The predicted octanol–water partition coefficient (Wildman–Crippen LogP) is 8.34. The Morgan fingerprint density at radius 3 is 1.54 bits per heavy atom. The van der Waals surface area contributed by atoms with E-state index in [0.29, 0.717) is 17.7 Å². The molecular formula is C34H30N2O3. The van der Waals surface area contributed by atoms with Crippen LogP contribution in [0.2, 0.25) is 0 Å². The summed E-state index contributed by atoms with van der Waals surface area (Å²) in [7, 11) is 1.58. The van der Waals surface area contributed by atoms with Crippen LogP contribution in [0.1, 0.15) is 25.0 Å². The van der Waals surface area contributed by atoms with E-state index < -0.39 is 0 Å². The predicted molar refractivity (Wildman–Crippen MR) is 159 cm³/mol. The molecule has 0 bridgehead atoms. The average Bonchev–Trinajstić information content (AvgIpc) is 2.97. The normalized spacial score (nSPS) is 12.7. The molecule has 4 aromatic carbocycles. The molecule has 194 valence electrons. The summed E-state index contributed by atoms with van der Waals surface area (Å²) in [5, 5.41) is 0. The second-order valence-corrected chi connectivity index (χ2v) is 8.76. The Balaban J connectivity index is 1.62. The summed E-state index contributed by atoms with van der Waals surface area (Å²) in [5.41, 5.74) is 4.72. The molecule has 4 rings (SSSR count). The number of rotatable bonds is 10. The molecule has 0 saturated carbocycles. The van der Waals surface area contributed by atoms with E-state index in [2.05, 4.69) is 4.99 Å². The van der Waals surface area contributed by atoms with Crippen molar-refractivity contribution in [1.82, 2.24) is 0 Å². The number of allylic oxidation sites excluding steroid dienone is 4. The number of aliphatic imine (C=N–C) groups is 2. The monoisotopic (exact) mass is 514 g/mol. The second kappa shape index (κ2) is 13.5. The van der Waals surface area contributed by atoms with Crippen molar-refractivity contribution in [1.29, 1.82) is 0 Å². The third kappa shape index (κ3) is 7.98. The smallest absolute Gasteiger partial charge is 0.168 e. The molecule has 0 amide bonds. The average molecular weight is 515 g/mol. The Morgan fingerprint density at radius 1 is 0.615 bits per heavy atom. The minimum absolute atomic E-state index is 0.330. The molecule has 0 heterocycles. The van der Waals surface area contributed by atoms with E-state index in [1.807, 2.05) is 129 Å². The number of nitrogens with zero attached hydrogens (tertiary/aromatic N) is 2. The van der Waals surface area contributed by atoms with Crippen LogP contribution in [0, 0.1) is 0 Å². The van der Waals surface area contributed by atoms with Crippen LogP contribution in [0.25, 0.3) is 5.57 Å². The molecule has 0 aromatic heterocycles. The summed E-state index contributed by atoms with van der Waals surface area (Å²) in [6, 6.07) is 35.1. The highest BCUT2D eigenvalue weighted by Crippen LogP contribution is 2.25. The van der Waals surface area contributed by atoms with Gasteiger partial charge in [0.05, 0.1) is 11.4 Å². The van der Waals surface area contributed by atoms with Crippen molar-refractivity contribution < 1.29 is 14.3 Å². The van der Waals surface area contributed by atoms with Gasteiger partial charge in [-0.15, -0.1) is 0 Å². The maximum Gasteiger partial charge on any atom is 0.168 e. The molecule has 0 aliphatic heterocycles. The van der Waals surface area contributed by atoms with Gasteiger partial charge in [0.15, 0.2) is 6.29 Å². The van der Waals surface area contributed by atoms with E-state index in [4.69, 9.17) is 14.5 Å². The first-order valence-electron chi connectivity index (χ1n) is 12.6. The molecule has 0 spiro atoms. The van der Waals surface area contributed by atoms with Gasteiger partial charge in [-0.2, -0.15) is 0 Å².